The van der Waals surface area contributed by atoms with Crippen molar-refractivity contribution in [1.29, 1.82) is 0 Å². The summed E-state index contributed by atoms with van der Waals surface area (Å²) in [7, 11) is 0. The molecule has 11 heteroatoms. The number of nitrogens with one attached hydrogen (secondary N) is 1. The number of hydrogen-bond acceptors (Lipinski definition) is 4. The van der Waals surface area contributed by atoms with E-state index < -0.39 is 17.8 Å². The van der Waals surface area contributed by atoms with E-state index in [1.807, 2.05) is 30.3 Å². The molecule has 0 aliphatic carbocycles. The Labute approximate surface area is 208 Å². The first-order chi connectivity index (χ1) is 17.2. The van der Waals surface area contributed by atoms with Gasteiger partial charge in [-0.15, -0.1) is 0 Å². The van der Waals surface area contributed by atoms with Gasteiger partial charge in [0.05, 0.1) is 16.4 Å². The number of aryl methyl sites for hydroxylation is 2. The molecule has 5 rings (SSSR count). The van der Waals surface area contributed by atoms with Gasteiger partial charge in [-0.3, -0.25) is 9.48 Å². The van der Waals surface area contributed by atoms with E-state index in [4.69, 9.17) is 11.6 Å². The van der Waals surface area contributed by atoms with Gasteiger partial charge in [0.15, 0.2) is 17.0 Å². The minimum Gasteiger partial charge on any atom is -0.351 e. The van der Waals surface area contributed by atoms with Gasteiger partial charge in [-0.25, -0.2) is 9.50 Å². The summed E-state index contributed by atoms with van der Waals surface area (Å²) >= 11 is 5.98. The van der Waals surface area contributed by atoms with Crippen molar-refractivity contribution in [2.24, 2.45) is 0 Å². The molecule has 2 aromatic carbocycles. The summed E-state index contributed by atoms with van der Waals surface area (Å²) < 4.78 is 44.1. The second kappa shape index (κ2) is 9.27. The lowest BCUT2D eigenvalue weighted by molar-refractivity contribution is -0.142. The zero-order valence-corrected chi connectivity index (χ0v) is 19.8. The predicted molar refractivity (Wildman–Crippen MR) is 130 cm³/mol. The number of halogens is 4. The van der Waals surface area contributed by atoms with Crippen LogP contribution in [0.3, 0.4) is 0 Å². The molecule has 0 saturated heterocycles. The molecule has 0 fully saturated rings. The number of nitrogens with zero attached hydrogens (tertiary/aromatic N) is 5. The van der Waals surface area contributed by atoms with E-state index in [-0.39, 0.29) is 23.6 Å². The fourth-order valence-electron chi connectivity index (χ4n) is 3.93. The van der Waals surface area contributed by atoms with Crippen LogP contribution in [0.5, 0.6) is 0 Å². The van der Waals surface area contributed by atoms with Crippen molar-refractivity contribution < 1.29 is 18.0 Å². The van der Waals surface area contributed by atoms with Crippen LogP contribution in [0.1, 0.15) is 28.3 Å². The Bertz CT molecular complexity index is 1570. The monoisotopic (exact) mass is 512 g/mol. The number of hydrogen-bond donors (Lipinski definition) is 1. The number of aromatic nitrogens is 5. The first-order valence-electron chi connectivity index (χ1n) is 11.1. The molecule has 7 nitrogen and oxygen atoms in total. The zero-order valence-electron chi connectivity index (χ0n) is 19.1. The smallest absolute Gasteiger partial charge is 0.351 e. The summed E-state index contributed by atoms with van der Waals surface area (Å²) in [4.78, 5) is 17.0. The van der Waals surface area contributed by atoms with E-state index in [1.54, 1.807) is 29.9 Å². The Balaban J connectivity index is 1.40. The van der Waals surface area contributed by atoms with E-state index in [0.717, 1.165) is 16.8 Å². The van der Waals surface area contributed by atoms with Crippen LogP contribution in [0.2, 0.25) is 5.02 Å². The molecule has 0 bridgehead atoms. The van der Waals surface area contributed by atoms with Gasteiger partial charge >= 0.3 is 6.18 Å². The van der Waals surface area contributed by atoms with Gasteiger partial charge < -0.3 is 5.32 Å². The minimum atomic E-state index is -4.70. The third-order valence-electron chi connectivity index (χ3n) is 5.73. The van der Waals surface area contributed by atoms with Crippen molar-refractivity contribution in [3.05, 3.63) is 82.9 Å². The Morgan fingerprint density at radius 3 is 2.56 bits per heavy atom. The Morgan fingerprint density at radius 1 is 1.06 bits per heavy atom. The van der Waals surface area contributed by atoms with Crippen LogP contribution in [0.15, 0.2) is 60.8 Å². The van der Waals surface area contributed by atoms with Crippen molar-refractivity contribution in [3.63, 3.8) is 0 Å². The molecule has 3 aromatic heterocycles. The quantitative estimate of drug-likeness (QED) is 0.303. The Morgan fingerprint density at radius 2 is 1.83 bits per heavy atom. The van der Waals surface area contributed by atoms with Crippen LogP contribution in [0, 0.1) is 6.92 Å². The minimum absolute atomic E-state index is 0.0696. The molecule has 5 aromatic rings. The number of alkyl halides is 3. The second-order valence-electron chi connectivity index (χ2n) is 8.32. The van der Waals surface area contributed by atoms with Crippen molar-refractivity contribution in [2.75, 3.05) is 6.54 Å². The first kappa shape index (κ1) is 23.8. The summed E-state index contributed by atoms with van der Waals surface area (Å²) in [5.41, 5.74) is 0.145. The molecule has 0 radical (unpaired) electrons. The van der Waals surface area contributed by atoms with E-state index in [1.165, 1.54) is 6.07 Å². The lowest BCUT2D eigenvalue weighted by Gasteiger charge is -2.11. The average molecular weight is 513 g/mol. The van der Waals surface area contributed by atoms with Gasteiger partial charge in [0.25, 0.3) is 5.91 Å². The third-order valence-corrected chi connectivity index (χ3v) is 6.10. The maximum atomic E-state index is 13.9. The molecular weight excluding hydrogens is 493 g/mol. The lowest BCUT2D eigenvalue weighted by Crippen LogP contribution is -2.26. The molecule has 0 spiro atoms. The van der Waals surface area contributed by atoms with Gasteiger partial charge in [0.2, 0.25) is 0 Å². The van der Waals surface area contributed by atoms with Crippen molar-refractivity contribution in [2.45, 2.75) is 26.1 Å². The summed E-state index contributed by atoms with van der Waals surface area (Å²) in [5, 5.41) is 13.2. The molecular formula is C25H20ClF3N6O. The van der Waals surface area contributed by atoms with Crippen LogP contribution >= 0.6 is 11.6 Å². The van der Waals surface area contributed by atoms with Gasteiger partial charge in [-0.05, 0) is 36.2 Å². The highest BCUT2D eigenvalue weighted by Gasteiger charge is 2.35. The summed E-state index contributed by atoms with van der Waals surface area (Å²) in [6, 6.07) is 15.1. The van der Waals surface area contributed by atoms with Crippen LogP contribution < -0.4 is 5.32 Å². The van der Waals surface area contributed by atoms with Gasteiger partial charge in [-0.1, -0.05) is 48.0 Å². The van der Waals surface area contributed by atoms with Crippen LogP contribution in [0.4, 0.5) is 13.2 Å². The normalized spacial score (nSPS) is 11.9. The number of rotatable bonds is 6. The average Bonchev–Trinajstić information content (AvgIpc) is 3.42. The Kier molecular flexibility index (Phi) is 6.13. The zero-order chi connectivity index (χ0) is 25.4. The van der Waals surface area contributed by atoms with Crippen LogP contribution in [0.25, 0.3) is 27.7 Å². The van der Waals surface area contributed by atoms with Crippen molar-refractivity contribution >= 4 is 33.9 Å². The first-order valence-corrected chi connectivity index (χ1v) is 11.5. The highest BCUT2D eigenvalue weighted by atomic mass is 35.5. The fraction of sp³-hybridized carbons (Fsp3) is 0.200. The number of benzene rings is 2. The van der Waals surface area contributed by atoms with E-state index in [9.17, 15) is 18.0 Å². The maximum absolute atomic E-state index is 13.9. The third kappa shape index (κ3) is 4.76. The topological polar surface area (TPSA) is 77.1 Å². The van der Waals surface area contributed by atoms with E-state index in [2.05, 4.69) is 20.5 Å². The van der Waals surface area contributed by atoms with Crippen LogP contribution in [-0.4, -0.2) is 36.8 Å². The molecule has 0 unspecified atom stereocenters. The Hall–Kier alpha value is -3.92. The SMILES string of the molecule is Cc1nn(CCCNC(=O)c2cc3nc(-c4ccc5ccccc5c4)cc(C(F)(F)F)n3n2)cc1Cl. The molecule has 0 saturated carbocycles. The van der Waals surface area contributed by atoms with Crippen molar-refractivity contribution in [1.82, 2.24) is 29.7 Å². The number of carbonyl (C=O) groups is 1. The van der Waals surface area contributed by atoms with Crippen molar-refractivity contribution in [3.8, 4) is 11.3 Å². The number of carbonyl (C=O) groups excluding carboxylic acids is 1. The molecule has 36 heavy (non-hydrogen) atoms. The van der Waals surface area contributed by atoms with Gasteiger partial charge in [0.1, 0.15) is 0 Å². The predicted octanol–water partition coefficient (Wildman–Crippen LogP) is 5.55. The fourth-order valence-corrected chi connectivity index (χ4v) is 4.08. The summed E-state index contributed by atoms with van der Waals surface area (Å²) in [6.07, 6.45) is -2.46. The molecule has 1 N–H and O–H groups in total. The maximum Gasteiger partial charge on any atom is 0.433 e. The molecule has 0 aliphatic rings. The molecule has 0 atom stereocenters. The molecule has 1 amide bonds. The van der Waals surface area contributed by atoms with E-state index >= 15 is 0 Å². The molecule has 3 heterocycles. The lowest BCUT2D eigenvalue weighted by atomic mass is 10.0. The highest BCUT2D eigenvalue weighted by molar-refractivity contribution is 6.31. The van der Waals surface area contributed by atoms with E-state index in [0.29, 0.717) is 33.8 Å². The molecule has 184 valence electrons. The van der Waals surface area contributed by atoms with Gasteiger partial charge in [-0.2, -0.15) is 23.4 Å². The van der Waals surface area contributed by atoms with Gasteiger partial charge in [0, 0.05) is 30.9 Å². The summed E-state index contributed by atoms with van der Waals surface area (Å²) in [6.45, 7) is 2.59. The van der Waals surface area contributed by atoms with Crippen LogP contribution in [-0.2, 0) is 12.7 Å². The molecule has 0 aliphatic heterocycles. The summed E-state index contributed by atoms with van der Waals surface area (Å²) in [5.74, 6) is -0.587. The standard InChI is InChI=1S/C25H20ClF3N6O/c1-15-19(26)14-34(32-15)10-4-9-30-24(36)21-13-23-31-20(12-22(25(27,28)29)35(23)33-21)18-8-7-16-5-2-3-6-17(16)11-18/h2-3,5-8,11-14H,4,9-10H2,1H3,(H,30,36). The number of fused-ring (bicyclic) bond motifs is 2. The second-order valence-corrected chi connectivity index (χ2v) is 8.73. The number of amides is 1. The largest absolute Gasteiger partial charge is 0.433 e. The highest BCUT2D eigenvalue weighted by Crippen LogP contribution is 2.33.